The predicted octanol–water partition coefficient (Wildman–Crippen LogP) is 4.00. The van der Waals surface area contributed by atoms with Gasteiger partial charge in [-0.2, -0.15) is 0 Å². The first kappa shape index (κ1) is 18.0. The molecule has 0 saturated carbocycles. The molecule has 8 heteroatoms. The van der Waals surface area contributed by atoms with Crippen LogP contribution in [0.4, 0.5) is 5.69 Å². The summed E-state index contributed by atoms with van der Waals surface area (Å²) in [5.74, 6) is -0.0260. The molecule has 0 aliphatic heterocycles. The Morgan fingerprint density at radius 2 is 2.16 bits per heavy atom. The van der Waals surface area contributed by atoms with Gasteiger partial charge in [-0.05, 0) is 37.6 Å². The largest absolute Gasteiger partial charge is 0.325 e. The zero-order valence-electron chi connectivity index (χ0n) is 13.9. The molecule has 3 aromatic rings. The fourth-order valence-electron chi connectivity index (χ4n) is 2.38. The smallest absolute Gasteiger partial charge is 0.262 e. The van der Waals surface area contributed by atoms with Crippen LogP contribution in [0.1, 0.15) is 10.4 Å². The number of halogens is 1. The van der Waals surface area contributed by atoms with E-state index in [0.29, 0.717) is 21.3 Å². The molecule has 0 bridgehead atoms. The summed E-state index contributed by atoms with van der Waals surface area (Å²) in [5.41, 5.74) is 1.54. The van der Waals surface area contributed by atoms with Gasteiger partial charge < -0.3 is 5.32 Å². The minimum atomic E-state index is -0.180. The Kier molecular flexibility index (Phi) is 5.17. The van der Waals surface area contributed by atoms with Crippen molar-refractivity contribution in [3.63, 3.8) is 0 Å². The zero-order chi connectivity index (χ0) is 18.1. The second kappa shape index (κ2) is 7.19. The molecule has 0 radical (unpaired) electrons. The highest BCUT2D eigenvalue weighted by molar-refractivity contribution is 7.99. The molecule has 2 heterocycles. The van der Waals surface area contributed by atoms with Gasteiger partial charge in [-0.25, -0.2) is 4.98 Å². The van der Waals surface area contributed by atoms with E-state index < -0.39 is 0 Å². The van der Waals surface area contributed by atoms with E-state index in [0.717, 1.165) is 15.3 Å². The zero-order valence-corrected chi connectivity index (χ0v) is 16.3. The van der Waals surface area contributed by atoms with Crippen LogP contribution in [0.5, 0.6) is 0 Å². The van der Waals surface area contributed by atoms with E-state index in [9.17, 15) is 9.59 Å². The van der Waals surface area contributed by atoms with E-state index in [1.807, 2.05) is 13.8 Å². The van der Waals surface area contributed by atoms with Crippen LogP contribution in [0, 0.1) is 13.8 Å². The van der Waals surface area contributed by atoms with Crippen LogP contribution in [0.3, 0.4) is 0 Å². The fourth-order valence-corrected chi connectivity index (χ4v) is 4.41. The summed E-state index contributed by atoms with van der Waals surface area (Å²) in [7, 11) is 1.68. The maximum absolute atomic E-state index is 12.6. The van der Waals surface area contributed by atoms with Crippen LogP contribution in [-0.2, 0) is 11.8 Å². The van der Waals surface area contributed by atoms with Crippen molar-refractivity contribution in [3.8, 4) is 0 Å². The summed E-state index contributed by atoms with van der Waals surface area (Å²) in [6.07, 6.45) is 0. The average Bonchev–Trinajstić information content (AvgIpc) is 2.84. The van der Waals surface area contributed by atoms with Crippen molar-refractivity contribution >= 4 is 56.5 Å². The Bertz CT molecular complexity index is 1030. The van der Waals surface area contributed by atoms with Gasteiger partial charge in [0, 0.05) is 22.6 Å². The number of carbonyl (C=O) groups is 1. The number of aromatic nitrogens is 2. The van der Waals surface area contributed by atoms with Crippen LogP contribution in [-0.4, -0.2) is 21.2 Å². The molecular formula is C17H16ClN3O2S2. The normalized spacial score (nSPS) is 11.0. The van der Waals surface area contributed by atoms with Gasteiger partial charge in [0.1, 0.15) is 4.83 Å². The van der Waals surface area contributed by atoms with Crippen molar-refractivity contribution in [2.45, 2.75) is 19.0 Å². The lowest BCUT2D eigenvalue weighted by molar-refractivity contribution is -0.113. The van der Waals surface area contributed by atoms with E-state index >= 15 is 0 Å². The number of amides is 1. The lowest BCUT2D eigenvalue weighted by Gasteiger charge is -2.08. The fraction of sp³-hybridized carbons (Fsp3) is 0.235. The molecule has 5 nitrogen and oxygen atoms in total. The van der Waals surface area contributed by atoms with Gasteiger partial charge in [0.25, 0.3) is 5.56 Å². The maximum atomic E-state index is 12.6. The summed E-state index contributed by atoms with van der Waals surface area (Å²) in [4.78, 5) is 31.0. The number of benzene rings is 1. The minimum Gasteiger partial charge on any atom is -0.325 e. The number of thiophene rings is 1. The molecule has 25 heavy (non-hydrogen) atoms. The third kappa shape index (κ3) is 3.73. The maximum Gasteiger partial charge on any atom is 0.262 e. The molecule has 2 aromatic heterocycles. The number of aryl methyl sites for hydroxylation is 2. The number of thioether (sulfide) groups is 1. The Hall–Kier alpha value is -1.83. The van der Waals surface area contributed by atoms with Gasteiger partial charge in [-0.3, -0.25) is 14.2 Å². The SMILES string of the molecule is Cc1sc2nc(SCC(=O)Nc3cccc(Cl)c3)n(C)c(=O)c2c1C. The summed E-state index contributed by atoms with van der Waals surface area (Å²) in [6, 6.07) is 6.96. The molecule has 3 rings (SSSR count). The number of anilines is 1. The van der Waals surface area contributed by atoms with Gasteiger partial charge >= 0.3 is 0 Å². The molecule has 0 aliphatic rings. The topological polar surface area (TPSA) is 64.0 Å². The van der Waals surface area contributed by atoms with Crippen LogP contribution in [0.25, 0.3) is 10.2 Å². The lowest BCUT2D eigenvalue weighted by atomic mass is 10.2. The molecule has 0 atom stereocenters. The summed E-state index contributed by atoms with van der Waals surface area (Å²) in [6.45, 7) is 3.91. The van der Waals surface area contributed by atoms with E-state index in [1.165, 1.54) is 27.7 Å². The molecule has 1 amide bonds. The van der Waals surface area contributed by atoms with Gasteiger partial charge in [-0.1, -0.05) is 29.4 Å². The second-order valence-corrected chi connectivity index (χ2v) is 8.15. The summed E-state index contributed by atoms with van der Waals surface area (Å²) < 4.78 is 1.50. The average molecular weight is 394 g/mol. The number of hydrogen-bond acceptors (Lipinski definition) is 5. The highest BCUT2D eigenvalue weighted by Gasteiger charge is 2.15. The molecule has 0 aliphatic carbocycles. The molecule has 0 spiro atoms. The third-order valence-electron chi connectivity index (χ3n) is 3.81. The van der Waals surface area contributed by atoms with Crippen molar-refractivity contribution < 1.29 is 4.79 Å². The van der Waals surface area contributed by atoms with Crippen LogP contribution in [0.2, 0.25) is 5.02 Å². The monoisotopic (exact) mass is 393 g/mol. The lowest BCUT2D eigenvalue weighted by Crippen LogP contribution is -2.21. The molecule has 1 aromatic carbocycles. The van der Waals surface area contributed by atoms with Crippen LogP contribution < -0.4 is 10.9 Å². The summed E-state index contributed by atoms with van der Waals surface area (Å²) in [5, 5.41) is 4.53. The number of hydrogen-bond donors (Lipinski definition) is 1. The first-order chi connectivity index (χ1) is 11.9. The first-order valence-electron chi connectivity index (χ1n) is 7.51. The van der Waals surface area contributed by atoms with Crippen molar-refractivity contribution in [3.05, 3.63) is 50.1 Å². The van der Waals surface area contributed by atoms with Crippen molar-refractivity contribution in [1.82, 2.24) is 9.55 Å². The molecule has 0 fully saturated rings. The van der Waals surface area contributed by atoms with Crippen LogP contribution >= 0.6 is 34.7 Å². The predicted molar refractivity (Wildman–Crippen MR) is 105 cm³/mol. The second-order valence-electron chi connectivity index (χ2n) is 5.57. The Balaban J connectivity index is 1.78. The van der Waals surface area contributed by atoms with Gasteiger partial charge in [0.2, 0.25) is 5.91 Å². The summed E-state index contributed by atoms with van der Waals surface area (Å²) >= 11 is 8.64. The molecular weight excluding hydrogens is 378 g/mol. The van der Waals surface area contributed by atoms with E-state index in [-0.39, 0.29) is 17.2 Å². The molecule has 0 saturated heterocycles. The van der Waals surface area contributed by atoms with Gasteiger partial charge in [0.05, 0.1) is 11.1 Å². The Labute approximate surface area is 158 Å². The molecule has 1 N–H and O–H groups in total. The molecule has 0 unspecified atom stereocenters. The quantitative estimate of drug-likeness (QED) is 0.537. The number of rotatable bonds is 4. The van der Waals surface area contributed by atoms with Crippen molar-refractivity contribution in [2.75, 3.05) is 11.1 Å². The number of nitrogens with zero attached hydrogens (tertiary/aromatic N) is 2. The Morgan fingerprint density at radius 3 is 2.88 bits per heavy atom. The first-order valence-corrected chi connectivity index (χ1v) is 9.69. The number of nitrogens with one attached hydrogen (secondary N) is 1. The minimum absolute atomic E-state index is 0.0791. The van der Waals surface area contributed by atoms with Crippen molar-refractivity contribution in [1.29, 1.82) is 0 Å². The Morgan fingerprint density at radius 1 is 1.40 bits per heavy atom. The van der Waals surface area contributed by atoms with Gasteiger partial charge in [0.15, 0.2) is 5.16 Å². The third-order valence-corrected chi connectivity index (χ3v) is 6.18. The molecule has 130 valence electrons. The number of fused-ring (bicyclic) bond motifs is 1. The highest BCUT2D eigenvalue weighted by Crippen LogP contribution is 2.28. The highest BCUT2D eigenvalue weighted by atomic mass is 35.5. The van der Waals surface area contributed by atoms with Crippen molar-refractivity contribution in [2.24, 2.45) is 7.05 Å². The van der Waals surface area contributed by atoms with Crippen LogP contribution in [0.15, 0.2) is 34.2 Å². The van der Waals surface area contributed by atoms with E-state index in [4.69, 9.17) is 11.6 Å². The van der Waals surface area contributed by atoms with E-state index in [1.54, 1.807) is 31.3 Å². The van der Waals surface area contributed by atoms with Gasteiger partial charge in [-0.15, -0.1) is 11.3 Å². The van der Waals surface area contributed by atoms with E-state index in [2.05, 4.69) is 10.3 Å². The standard InChI is InChI=1S/C17H16ClN3O2S2/c1-9-10(2)25-15-14(9)16(23)21(3)17(20-15)24-8-13(22)19-12-6-4-5-11(18)7-12/h4-7H,8H2,1-3H3,(H,19,22). The number of carbonyl (C=O) groups excluding carboxylic acids is 1.